The summed E-state index contributed by atoms with van der Waals surface area (Å²) in [6, 6.07) is 17.5. The summed E-state index contributed by atoms with van der Waals surface area (Å²) in [5.41, 5.74) is 2.26. The predicted octanol–water partition coefficient (Wildman–Crippen LogP) is 4.19. The minimum absolute atomic E-state index is 0.182. The van der Waals surface area contributed by atoms with Crippen molar-refractivity contribution in [1.82, 2.24) is 5.06 Å². The Labute approximate surface area is 131 Å². The molecule has 2 aromatic carbocycles. The molecule has 4 heteroatoms. The van der Waals surface area contributed by atoms with Crippen LogP contribution >= 0.6 is 0 Å². The summed E-state index contributed by atoms with van der Waals surface area (Å²) in [7, 11) is 0. The highest BCUT2D eigenvalue weighted by Crippen LogP contribution is 2.20. The van der Waals surface area contributed by atoms with E-state index < -0.39 is 5.41 Å². The third-order valence-corrected chi connectivity index (χ3v) is 3.22. The first-order valence-corrected chi connectivity index (χ1v) is 7.28. The maximum Gasteiger partial charge on any atom is 0.251 e. The van der Waals surface area contributed by atoms with Crippen LogP contribution in [0.5, 0.6) is 0 Å². The quantitative estimate of drug-likeness (QED) is 0.657. The molecule has 1 amide bonds. The van der Waals surface area contributed by atoms with Gasteiger partial charge >= 0.3 is 0 Å². The molecule has 2 rings (SSSR count). The molecule has 0 aliphatic carbocycles. The van der Waals surface area contributed by atoms with Gasteiger partial charge < -0.3 is 5.32 Å². The van der Waals surface area contributed by atoms with Gasteiger partial charge in [-0.3, -0.25) is 10.0 Å². The van der Waals surface area contributed by atoms with E-state index in [4.69, 9.17) is 0 Å². The van der Waals surface area contributed by atoms with Crippen molar-refractivity contribution >= 4 is 17.3 Å². The average Bonchev–Trinajstić information content (AvgIpc) is 2.48. The van der Waals surface area contributed by atoms with Crippen LogP contribution in [0.3, 0.4) is 0 Å². The molecule has 0 atom stereocenters. The van der Waals surface area contributed by atoms with Crippen LogP contribution in [0.2, 0.25) is 0 Å². The normalized spacial score (nSPS) is 11.1. The van der Waals surface area contributed by atoms with E-state index in [0.717, 1.165) is 22.0 Å². The highest BCUT2D eigenvalue weighted by atomic mass is 16.5. The zero-order chi connectivity index (χ0) is 16.2. The third-order valence-electron chi connectivity index (χ3n) is 3.22. The highest BCUT2D eigenvalue weighted by molar-refractivity contribution is 5.80. The Morgan fingerprint density at radius 2 is 1.55 bits per heavy atom. The molecule has 0 saturated heterocycles. The number of carbonyl (C=O) groups is 1. The van der Waals surface area contributed by atoms with Gasteiger partial charge in [0.2, 0.25) is 0 Å². The van der Waals surface area contributed by atoms with Crippen molar-refractivity contribution in [2.24, 2.45) is 5.41 Å². The van der Waals surface area contributed by atoms with Crippen molar-refractivity contribution < 1.29 is 10.0 Å². The third kappa shape index (κ3) is 4.33. The SMILES string of the molecule is CC(C)(C)C(=O)N(O)Cc1ccc(Nc2ccccc2)cc1. The van der Waals surface area contributed by atoms with E-state index >= 15 is 0 Å². The predicted molar refractivity (Wildman–Crippen MR) is 88.0 cm³/mol. The van der Waals surface area contributed by atoms with E-state index in [0.29, 0.717) is 0 Å². The Morgan fingerprint density at radius 1 is 1.00 bits per heavy atom. The van der Waals surface area contributed by atoms with E-state index in [1.54, 1.807) is 20.8 Å². The fourth-order valence-corrected chi connectivity index (χ4v) is 2.01. The number of anilines is 2. The monoisotopic (exact) mass is 298 g/mol. The molecule has 116 valence electrons. The van der Waals surface area contributed by atoms with Crippen molar-refractivity contribution in [3.05, 3.63) is 60.2 Å². The second-order valence-electron chi connectivity index (χ2n) is 6.30. The van der Waals surface area contributed by atoms with Gasteiger partial charge in [-0.2, -0.15) is 0 Å². The molecule has 2 N–H and O–H groups in total. The topological polar surface area (TPSA) is 52.6 Å². The molecule has 0 radical (unpaired) electrons. The molecule has 0 fully saturated rings. The number of hydroxylamine groups is 2. The van der Waals surface area contributed by atoms with Gasteiger partial charge in [0.05, 0.1) is 6.54 Å². The van der Waals surface area contributed by atoms with Crippen molar-refractivity contribution in [3.63, 3.8) is 0 Å². The van der Waals surface area contributed by atoms with Crippen molar-refractivity contribution in [1.29, 1.82) is 0 Å². The number of rotatable bonds is 4. The van der Waals surface area contributed by atoms with Gasteiger partial charge in [-0.05, 0) is 29.8 Å². The van der Waals surface area contributed by atoms with Gasteiger partial charge in [0, 0.05) is 16.8 Å². The Morgan fingerprint density at radius 3 is 2.09 bits per heavy atom. The standard InChI is InChI=1S/C18H22N2O2/c1-18(2,3)17(21)20(22)13-14-9-11-16(12-10-14)19-15-7-5-4-6-8-15/h4-12,19,22H,13H2,1-3H3. The van der Waals surface area contributed by atoms with Crippen molar-refractivity contribution in [2.45, 2.75) is 27.3 Å². The number of nitrogens with one attached hydrogen (secondary N) is 1. The molecule has 0 aliphatic rings. The van der Waals surface area contributed by atoms with E-state index in [1.807, 2.05) is 54.6 Å². The molecular formula is C18H22N2O2. The lowest BCUT2D eigenvalue weighted by Gasteiger charge is -2.24. The largest absolute Gasteiger partial charge is 0.356 e. The van der Waals surface area contributed by atoms with Crippen LogP contribution in [0.1, 0.15) is 26.3 Å². The van der Waals surface area contributed by atoms with Crippen LogP contribution in [0, 0.1) is 5.41 Å². The minimum Gasteiger partial charge on any atom is -0.356 e. The van der Waals surface area contributed by atoms with E-state index in [2.05, 4.69) is 5.32 Å². The van der Waals surface area contributed by atoms with Crippen molar-refractivity contribution in [2.75, 3.05) is 5.32 Å². The van der Waals surface area contributed by atoms with Gasteiger partial charge in [0.15, 0.2) is 0 Å². The molecule has 0 bridgehead atoms. The molecule has 0 unspecified atom stereocenters. The molecule has 0 aromatic heterocycles. The summed E-state index contributed by atoms with van der Waals surface area (Å²) >= 11 is 0. The Balaban J connectivity index is 1.99. The maximum absolute atomic E-state index is 11.9. The molecule has 0 heterocycles. The molecule has 0 spiro atoms. The minimum atomic E-state index is -0.594. The van der Waals surface area contributed by atoms with Gasteiger partial charge in [0.1, 0.15) is 0 Å². The molecular weight excluding hydrogens is 276 g/mol. The Bertz CT molecular complexity index is 616. The zero-order valence-electron chi connectivity index (χ0n) is 13.2. The van der Waals surface area contributed by atoms with E-state index in [-0.39, 0.29) is 12.5 Å². The second kappa shape index (κ2) is 6.62. The number of hydrogen-bond acceptors (Lipinski definition) is 3. The number of carbonyl (C=O) groups excluding carboxylic acids is 1. The van der Waals surface area contributed by atoms with Gasteiger partial charge in [-0.25, -0.2) is 5.06 Å². The van der Waals surface area contributed by atoms with E-state index in [9.17, 15) is 10.0 Å². The molecule has 0 aliphatic heterocycles. The molecule has 22 heavy (non-hydrogen) atoms. The van der Waals surface area contributed by atoms with Gasteiger partial charge in [0.25, 0.3) is 5.91 Å². The lowest BCUT2D eigenvalue weighted by molar-refractivity contribution is -0.177. The van der Waals surface area contributed by atoms with Gasteiger partial charge in [-0.15, -0.1) is 0 Å². The lowest BCUT2D eigenvalue weighted by Crippen LogP contribution is -2.36. The number of hydrogen-bond donors (Lipinski definition) is 2. The Kier molecular flexibility index (Phi) is 4.83. The van der Waals surface area contributed by atoms with Gasteiger partial charge in [-0.1, -0.05) is 51.1 Å². The summed E-state index contributed by atoms with van der Waals surface area (Å²) in [4.78, 5) is 11.9. The fourth-order valence-electron chi connectivity index (χ4n) is 2.01. The first-order valence-electron chi connectivity index (χ1n) is 7.28. The second-order valence-corrected chi connectivity index (χ2v) is 6.30. The van der Waals surface area contributed by atoms with Crippen LogP contribution in [0.25, 0.3) is 0 Å². The molecule has 2 aromatic rings. The summed E-state index contributed by atoms with van der Waals surface area (Å²) in [5, 5.41) is 13.9. The van der Waals surface area contributed by atoms with Crippen LogP contribution < -0.4 is 5.32 Å². The Hall–Kier alpha value is -2.33. The number of para-hydroxylation sites is 1. The maximum atomic E-state index is 11.9. The van der Waals surface area contributed by atoms with Crippen LogP contribution in [0.4, 0.5) is 11.4 Å². The first-order chi connectivity index (χ1) is 10.4. The smallest absolute Gasteiger partial charge is 0.251 e. The van der Waals surface area contributed by atoms with Crippen LogP contribution in [-0.4, -0.2) is 16.2 Å². The lowest BCUT2D eigenvalue weighted by atomic mass is 9.95. The number of benzene rings is 2. The average molecular weight is 298 g/mol. The van der Waals surface area contributed by atoms with Crippen LogP contribution in [-0.2, 0) is 11.3 Å². The van der Waals surface area contributed by atoms with Crippen LogP contribution in [0.15, 0.2) is 54.6 Å². The molecule has 4 nitrogen and oxygen atoms in total. The number of nitrogens with zero attached hydrogens (tertiary/aromatic N) is 1. The highest BCUT2D eigenvalue weighted by Gasteiger charge is 2.26. The number of amides is 1. The molecule has 0 saturated carbocycles. The van der Waals surface area contributed by atoms with Crippen molar-refractivity contribution in [3.8, 4) is 0 Å². The summed E-state index contributed by atoms with van der Waals surface area (Å²) < 4.78 is 0. The summed E-state index contributed by atoms with van der Waals surface area (Å²) in [6.45, 7) is 5.53. The summed E-state index contributed by atoms with van der Waals surface area (Å²) in [5.74, 6) is -0.293. The van der Waals surface area contributed by atoms with E-state index in [1.165, 1.54) is 0 Å². The fraction of sp³-hybridized carbons (Fsp3) is 0.278. The zero-order valence-corrected chi connectivity index (χ0v) is 13.2. The first kappa shape index (κ1) is 16.0. The summed E-state index contributed by atoms with van der Waals surface area (Å²) in [6.07, 6.45) is 0.